The second-order valence-electron chi connectivity index (χ2n) is 7.13. The highest BCUT2D eigenvalue weighted by Crippen LogP contribution is 2.27. The first-order valence-electron chi connectivity index (χ1n) is 9.50. The van der Waals surface area contributed by atoms with E-state index in [1.54, 1.807) is 36.4 Å². The van der Waals surface area contributed by atoms with Crippen molar-refractivity contribution >= 4 is 53.9 Å². The van der Waals surface area contributed by atoms with Gasteiger partial charge in [-0.3, -0.25) is 4.79 Å². The number of nitrogens with zero attached hydrogens (tertiary/aromatic N) is 1. The molecule has 2 atom stereocenters. The van der Waals surface area contributed by atoms with E-state index in [0.717, 1.165) is 4.90 Å². The third kappa shape index (κ3) is 5.61. The number of halogens is 2. The second-order valence-corrected chi connectivity index (χ2v) is 10.6. The van der Waals surface area contributed by atoms with Crippen molar-refractivity contribution in [2.75, 3.05) is 20.2 Å². The Morgan fingerprint density at radius 1 is 1.22 bits per heavy atom. The van der Waals surface area contributed by atoms with E-state index in [2.05, 4.69) is 41.9 Å². The van der Waals surface area contributed by atoms with Crippen molar-refractivity contribution < 1.29 is 27.9 Å². The fourth-order valence-electron chi connectivity index (χ4n) is 3.53. The number of likely N-dealkylation sites (tertiary alicyclic amines) is 1. The van der Waals surface area contributed by atoms with Gasteiger partial charge in [0.05, 0.1) is 23.6 Å². The Kier molecular flexibility index (Phi) is 7.80. The quantitative estimate of drug-likeness (QED) is 0.455. The van der Waals surface area contributed by atoms with Crippen molar-refractivity contribution in [3.8, 4) is 5.75 Å². The van der Waals surface area contributed by atoms with Gasteiger partial charge in [0, 0.05) is 28.1 Å². The van der Waals surface area contributed by atoms with E-state index in [-0.39, 0.29) is 24.4 Å². The van der Waals surface area contributed by atoms with Crippen LogP contribution in [0.4, 0.5) is 4.79 Å². The highest BCUT2D eigenvalue weighted by atomic mass is 79.9. The van der Waals surface area contributed by atoms with Gasteiger partial charge >= 0.3 is 6.09 Å². The molecular weight excluding hydrogens is 570 g/mol. The molecule has 1 heterocycles. The molecule has 0 radical (unpaired) electrons. The maximum Gasteiger partial charge on any atom is 0.407 e. The number of para-hydroxylation sites is 1. The smallest absolute Gasteiger partial charge is 0.407 e. The van der Waals surface area contributed by atoms with E-state index in [9.17, 15) is 23.1 Å². The molecule has 0 aliphatic carbocycles. The molecule has 1 fully saturated rings. The summed E-state index contributed by atoms with van der Waals surface area (Å²) in [6, 6.07) is 10.2. The predicted molar refractivity (Wildman–Crippen MR) is 124 cm³/mol. The summed E-state index contributed by atoms with van der Waals surface area (Å²) < 4.78 is 34.4. The van der Waals surface area contributed by atoms with E-state index in [1.165, 1.54) is 13.2 Å². The molecule has 172 valence electrons. The number of ether oxygens (including phenoxy) is 1. The minimum atomic E-state index is -3.90. The summed E-state index contributed by atoms with van der Waals surface area (Å²) in [7, 11) is -2.45. The number of carbonyl (C=O) groups is 2. The number of hydrogen-bond acceptors (Lipinski definition) is 5. The van der Waals surface area contributed by atoms with Crippen molar-refractivity contribution in [2.45, 2.75) is 23.4 Å². The summed E-state index contributed by atoms with van der Waals surface area (Å²) in [4.78, 5) is 25.4. The zero-order chi connectivity index (χ0) is 23.5. The first kappa shape index (κ1) is 24.5. The number of benzene rings is 2. The second kappa shape index (κ2) is 10.2. The van der Waals surface area contributed by atoms with Gasteiger partial charge in [-0.15, -0.1) is 0 Å². The summed E-state index contributed by atoms with van der Waals surface area (Å²) in [5.74, 6) is -0.00775. The van der Waals surface area contributed by atoms with Gasteiger partial charge in [-0.05, 0) is 52.7 Å². The molecule has 2 aromatic rings. The SMILES string of the molecule is COc1ccccc1C(=O)NC[C@H]1C[C@@H](NS(=O)(=O)c2cc(Br)ccc2Br)CN1C(=O)O. The number of sulfonamides is 1. The van der Waals surface area contributed by atoms with E-state index >= 15 is 0 Å². The van der Waals surface area contributed by atoms with Crippen LogP contribution in [0.2, 0.25) is 0 Å². The van der Waals surface area contributed by atoms with Gasteiger partial charge in [-0.2, -0.15) is 0 Å². The van der Waals surface area contributed by atoms with E-state index in [1.807, 2.05) is 0 Å². The van der Waals surface area contributed by atoms with Crippen molar-refractivity contribution in [1.29, 1.82) is 0 Å². The predicted octanol–water partition coefficient (Wildman–Crippen LogP) is 3.05. The molecule has 9 nitrogen and oxygen atoms in total. The topological polar surface area (TPSA) is 125 Å². The minimum absolute atomic E-state index is 0.0298. The van der Waals surface area contributed by atoms with E-state index < -0.39 is 34.1 Å². The lowest BCUT2D eigenvalue weighted by atomic mass is 10.1. The number of carboxylic acid groups (broad SMARTS) is 1. The molecule has 1 saturated heterocycles. The molecule has 2 amide bonds. The Labute approximate surface area is 202 Å². The molecule has 32 heavy (non-hydrogen) atoms. The lowest BCUT2D eigenvalue weighted by Crippen LogP contribution is -2.42. The lowest BCUT2D eigenvalue weighted by Gasteiger charge is -2.21. The molecule has 0 spiro atoms. The van der Waals surface area contributed by atoms with Crippen LogP contribution in [0.15, 0.2) is 56.3 Å². The molecular formula is C20H21Br2N3O6S. The number of methoxy groups -OCH3 is 1. The summed E-state index contributed by atoms with van der Waals surface area (Å²) in [6.07, 6.45) is -0.976. The van der Waals surface area contributed by atoms with Gasteiger partial charge in [-0.1, -0.05) is 28.1 Å². The largest absolute Gasteiger partial charge is 0.496 e. The zero-order valence-corrected chi connectivity index (χ0v) is 20.9. The third-order valence-electron chi connectivity index (χ3n) is 5.01. The maximum absolute atomic E-state index is 12.9. The van der Waals surface area contributed by atoms with E-state index in [4.69, 9.17) is 4.74 Å². The van der Waals surface area contributed by atoms with E-state index in [0.29, 0.717) is 20.3 Å². The fraction of sp³-hybridized carbons (Fsp3) is 0.300. The molecule has 0 bridgehead atoms. The van der Waals surface area contributed by atoms with Gasteiger partial charge < -0.3 is 20.1 Å². The number of amides is 2. The number of carbonyl (C=O) groups excluding carboxylic acids is 1. The van der Waals surface area contributed by atoms with Crippen LogP contribution >= 0.6 is 31.9 Å². The van der Waals surface area contributed by atoms with Crippen molar-refractivity contribution in [3.63, 3.8) is 0 Å². The standard InChI is InChI=1S/C20H21Br2N3O6S/c1-31-17-5-3-2-4-15(17)19(26)23-10-14-9-13(11-25(14)20(27)28)24-32(29,30)18-8-12(21)6-7-16(18)22/h2-8,13-14,24H,9-11H2,1H3,(H,23,26)(H,27,28)/t13-,14-/m1/s1. The monoisotopic (exact) mass is 589 g/mol. The maximum atomic E-state index is 12.9. The number of nitrogens with one attached hydrogen (secondary N) is 2. The van der Waals surface area contributed by atoms with Crippen LogP contribution < -0.4 is 14.8 Å². The van der Waals surface area contributed by atoms with Gasteiger partial charge in [0.2, 0.25) is 10.0 Å². The summed E-state index contributed by atoms with van der Waals surface area (Å²) in [5, 5.41) is 12.3. The Morgan fingerprint density at radius 3 is 2.62 bits per heavy atom. The van der Waals surface area contributed by atoms with Crippen LogP contribution in [0, 0.1) is 0 Å². The lowest BCUT2D eigenvalue weighted by molar-refractivity contribution is 0.0931. The Morgan fingerprint density at radius 2 is 1.94 bits per heavy atom. The van der Waals surface area contributed by atoms with Crippen molar-refractivity contribution in [3.05, 3.63) is 57.0 Å². The van der Waals surface area contributed by atoms with Crippen LogP contribution in [0.1, 0.15) is 16.8 Å². The third-order valence-corrected chi connectivity index (χ3v) is 8.02. The molecule has 0 aromatic heterocycles. The fourth-order valence-corrected chi connectivity index (χ4v) is 6.28. The molecule has 12 heteroatoms. The molecule has 3 rings (SSSR count). The van der Waals surface area contributed by atoms with Crippen molar-refractivity contribution in [2.24, 2.45) is 0 Å². The number of hydrogen-bond donors (Lipinski definition) is 3. The zero-order valence-electron chi connectivity index (χ0n) is 16.9. The van der Waals surface area contributed by atoms with Crippen LogP contribution in [0.5, 0.6) is 5.75 Å². The molecule has 1 aliphatic rings. The van der Waals surface area contributed by atoms with Crippen LogP contribution in [0.3, 0.4) is 0 Å². The highest BCUT2D eigenvalue weighted by Gasteiger charge is 2.38. The van der Waals surface area contributed by atoms with Gasteiger partial charge in [-0.25, -0.2) is 17.9 Å². The van der Waals surface area contributed by atoms with Gasteiger partial charge in [0.25, 0.3) is 5.91 Å². The molecule has 1 aliphatic heterocycles. The molecule has 3 N–H and O–H groups in total. The van der Waals surface area contributed by atoms with Gasteiger partial charge in [0.1, 0.15) is 5.75 Å². The molecule has 0 saturated carbocycles. The van der Waals surface area contributed by atoms with Crippen molar-refractivity contribution in [1.82, 2.24) is 14.9 Å². The highest BCUT2D eigenvalue weighted by molar-refractivity contribution is 9.11. The summed E-state index contributed by atoms with van der Waals surface area (Å²) in [5.41, 5.74) is 0.326. The first-order chi connectivity index (χ1) is 15.1. The number of rotatable bonds is 7. The first-order valence-corrected chi connectivity index (χ1v) is 12.6. The van der Waals surface area contributed by atoms with Crippen LogP contribution in [0.25, 0.3) is 0 Å². The summed E-state index contributed by atoms with van der Waals surface area (Å²) in [6.45, 7) is -0.00261. The normalized spacial score (nSPS) is 18.4. The van der Waals surface area contributed by atoms with Crippen LogP contribution in [-0.2, 0) is 10.0 Å². The minimum Gasteiger partial charge on any atom is -0.496 e. The average Bonchev–Trinajstić information content (AvgIpc) is 3.15. The van der Waals surface area contributed by atoms with Crippen LogP contribution in [-0.4, -0.2) is 62.7 Å². The summed E-state index contributed by atoms with van der Waals surface area (Å²) >= 11 is 6.49. The van der Waals surface area contributed by atoms with Gasteiger partial charge in [0.15, 0.2) is 0 Å². The Bertz CT molecular complexity index is 1130. The molecule has 0 unspecified atom stereocenters. The Balaban J connectivity index is 1.70. The Hall–Kier alpha value is -2.15. The molecule has 2 aromatic carbocycles. The average molecular weight is 591 g/mol.